The lowest BCUT2D eigenvalue weighted by molar-refractivity contribution is -0.124. The van der Waals surface area contributed by atoms with Crippen molar-refractivity contribution in [2.75, 3.05) is 36.8 Å². The Bertz CT molecular complexity index is 1200. The number of hydrogen-bond acceptors (Lipinski definition) is 5. The Morgan fingerprint density at radius 3 is 2.58 bits per heavy atom. The largest absolute Gasteiger partial charge is 0.369 e. The number of aromatic amines is 1. The topological polar surface area (TPSA) is 98.4 Å². The predicted octanol–water partition coefficient (Wildman–Crippen LogP) is 3.28. The second kappa shape index (κ2) is 9.17. The molecule has 1 aliphatic heterocycles. The molecule has 1 saturated heterocycles. The molecule has 2 aliphatic carbocycles. The summed E-state index contributed by atoms with van der Waals surface area (Å²) < 4.78 is 29.4. The van der Waals surface area contributed by atoms with Crippen LogP contribution in [0.25, 0.3) is 0 Å². The van der Waals surface area contributed by atoms with Crippen LogP contribution in [0.15, 0.2) is 36.8 Å². The number of para-hydroxylation sites is 1. The molecule has 3 fully saturated rings. The number of imidazole rings is 1. The van der Waals surface area contributed by atoms with Crippen LogP contribution in [-0.4, -0.2) is 66.6 Å². The molecule has 0 radical (unpaired) electrons. The molecule has 5 rings (SSSR count). The molecule has 2 heterocycles. The Labute approximate surface area is 214 Å². The Kier molecular flexibility index (Phi) is 6.44. The summed E-state index contributed by atoms with van der Waals surface area (Å²) in [5.41, 5.74) is 2.53. The van der Waals surface area contributed by atoms with Crippen LogP contribution in [0, 0.1) is 23.7 Å². The van der Waals surface area contributed by atoms with Crippen molar-refractivity contribution in [3.05, 3.63) is 48.0 Å². The van der Waals surface area contributed by atoms with E-state index in [-0.39, 0.29) is 29.0 Å². The summed E-state index contributed by atoms with van der Waals surface area (Å²) in [4.78, 5) is 22.5. The standard InChI is InChI=1S/C27H39N5O3S/c1-19-7-5-6-8-23(19)31-11-13-32(14-12-31)36(34,35)17-27-10-9-21(26(27,3)4)15-24(27)30-25(33)20(2)22-16-28-18-29-22/h5-8,16,18,20-21,24H,9-15,17H2,1-4H3,(H,28,29)(H,30,33)/t20?,21-,24+,27-/m0/s1. The molecule has 3 aliphatic rings. The first-order chi connectivity index (χ1) is 17.0. The quantitative estimate of drug-likeness (QED) is 0.592. The van der Waals surface area contributed by atoms with Crippen LogP contribution in [0.5, 0.6) is 0 Å². The van der Waals surface area contributed by atoms with Gasteiger partial charge in [0, 0.05) is 55.2 Å². The summed E-state index contributed by atoms with van der Waals surface area (Å²) in [6.07, 6.45) is 5.94. The molecule has 196 valence electrons. The van der Waals surface area contributed by atoms with Gasteiger partial charge in [-0.1, -0.05) is 32.0 Å². The van der Waals surface area contributed by atoms with E-state index < -0.39 is 15.4 Å². The third kappa shape index (κ3) is 4.14. The minimum atomic E-state index is -3.49. The molecule has 1 unspecified atom stereocenters. The second-order valence-electron chi connectivity index (χ2n) is 11.6. The summed E-state index contributed by atoms with van der Waals surface area (Å²) in [5, 5.41) is 3.28. The summed E-state index contributed by atoms with van der Waals surface area (Å²) in [5.74, 6) is 0.0737. The number of sulfonamides is 1. The van der Waals surface area contributed by atoms with E-state index >= 15 is 0 Å². The minimum Gasteiger partial charge on any atom is -0.369 e. The molecular formula is C27H39N5O3S. The predicted molar refractivity (Wildman–Crippen MR) is 141 cm³/mol. The first-order valence-corrected chi connectivity index (χ1v) is 14.7. The van der Waals surface area contributed by atoms with Gasteiger partial charge in [0.2, 0.25) is 15.9 Å². The van der Waals surface area contributed by atoms with E-state index in [1.54, 1.807) is 16.8 Å². The molecule has 1 amide bonds. The second-order valence-corrected chi connectivity index (χ2v) is 13.5. The number of amides is 1. The maximum atomic E-state index is 13.9. The lowest BCUT2D eigenvalue weighted by atomic mass is 9.69. The molecule has 2 bridgehead atoms. The van der Waals surface area contributed by atoms with Gasteiger partial charge in [0.25, 0.3) is 0 Å². The lowest BCUT2D eigenvalue weighted by Gasteiger charge is -2.44. The number of nitrogens with zero attached hydrogens (tertiary/aromatic N) is 3. The van der Waals surface area contributed by atoms with Gasteiger partial charge in [-0.2, -0.15) is 4.31 Å². The number of anilines is 1. The third-order valence-electron chi connectivity index (χ3n) is 9.65. The van der Waals surface area contributed by atoms with Crippen molar-refractivity contribution in [1.82, 2.24) is 19.6 Å². The third-order valence-corrected chi connectivity index (χ3v) is 11.7. The maximum Gasteiger partial charge on any atom is 0.229 e. The number of benzene rings is 1. The molecule has 36 heavy (non-hydrogen) atoms. The highest BCUT2D eigenvalue weighted by Gasteiger charge is 2.66. The highest BCUT2D eigenvalue weighted by atomic mass is 32.2. The fourth-order valence-electron chi connectivity index (χ4n) is 7.11. The molecule has 2 aromatic rings. The first-order valence-electron chi connectivity index (χ1n) is 13.1. The monoisotopic (exact) mass is 513 g/mol. The molecule has 2 saturated carbocycles. The normalized spacial score (nSPS) is 28.8. The fraction of sp³-hybridized carbons (Fsp3) is 0.630. The highest BCUT2D eigenvalue weighted by molar-refractivity contribution is 7.89. The number of rotatable bonds is 7. The Morgan fingerprint density at radius 1 is 1.22 bits per heavy atom. The van der Waals surface area contributed by atoms with E-state index in [1.807, 2.05) is 19.1 Å². The fourth-order valence-corrected chi connectivity index (χ4v) is 9.38. The van der Waals surface area contributed by atoms with Gasteiger partial charge in [0.1, 0.15) is 0 Å². The zero-order valence-electron chi connectivity index (χ0n) is 21.8. The van der Waals surface area contributed by atoms with Crippen molar-refractivity contribution in [1.29, 1.82) is 0 Å². The highest BCUT2D eigenvalue weighted by Crippen LogP contribution is 2.66. The summed E-state index contributed by atoms with van der Waals surface area (Å²) in [7, 11) is -3.49. The maximum absolute atomic E-state index is 13.9. The summed E-state index contributed by atoms with van der Waals surface area (Å²) in [6, 6.07) is 8.12. The average molecular weight is 514 g/mol. The van der Waals surface area contributed by atoms with Crippen molar-refractivity contribution < 1.29 is 13.2 Å². The first kappa shape index (κ1) is 25.3. The van der Waals surface area contributed by atoms with Crippen molar-refractivity contribution in [3.8, 4) is 0 Å². The number of aryl methyl sites for hydroxylation is 1. The molecule has 1 aromatic heterocycles. The summed E-state index contributed by atoms with van der Waals surface area (Å²) >= 11 is 0. The van der Waals surface area contributed by atoms with E-state index in [0.717, 1.165) is 25.0 Å². The Balaban J connectivity index is 1.31. The minimum absolute atomic E-state index is 0.0729. The van der Waals surface area contributed by atoms with Crippen LogP contribution >= 0.6 is 0 Å². The zero-order valence-corrected chi connectivity index (χ0v) is 22.6. The van der Waals surface area contributed by atoms with E-state index in [4.69, 9.17) is 0 Å². The molecule has 0 spiro atoms. The number of piperazine rings is 1. The number of fused-ring (bicyclic) bond motifs is 2. The van der Waals surface area contributed by atoms with Crippen LogP contribution in [0.2, 0.25) is 0 Å². The van der Waals surface area contributed by atoms with Crippen molar-refractivity contribution >= 4 is 21.6 Å². The number of carbonyl (C=O) groups excluding carboxylic acids is 1. The van der Waals surface area contributed by atoms with Gasteiger partial charge in [-0.3, -0.25) is 4.79 Å². The van der Waals surface area contributed by atoms with Gasteiger partial charge >= 0.3 is 0 Å². The van der Waals surface area contributed by atoms with Gasteiger partial charge < -0.3 is 15.2 Å². The van der Waals surface area contributed by atoms with Crippen LogP contribution in [0.4, 0.5) is 5.69 Å². The van der Waals surface area contributed by atoms with E-state index in [1.165, 1.54) is 11.3 Å². The van der Waals surface area contributed by atoms with Gasteiger partial charge in [-0.25, -0.2) is 13.4 Å². The van der Waals surface area contributed by atoms with Crippen LogP contribution in [-0.2, 0) is 14.8 Å². The molecule has 1 aromatic carbocycles. The molecule has 9 heteroatoms. The number of nitrogens with one attached hydrogen (secondary N) is 2. The molecule has 8 nitrogen and oxygen atoms in total. The van der Waals surface area contributed by atoms with Crippen LogP contribution < -0.4 is 10.2 Å². The van der Waals surface area contributed by atoms with Crippen LogP contribution in [0.1, 0.15) is 57.2 Å². The van der Waals surface area contributed by atoms with E-state index in [9.17, 15) is 13.2 Å². The number of H-pyrrole nitrogens is 1. The van der Waals surface area contributed by atoms with Gasteiger partial charge in [-0.05, 0) is 56.1 Å². The zero-order chi connectivity index (χ0) is 25.7. The summed E-state index contributed by atoms with van der Waals surface area (Å²) in [6.45, 7) is 10.7. The van der Waals surface area contributed by atoms with Gasteiger partial charge in [-0.15, -0.1) is 0 Å². The molecule has 4 atom stereocenters. The smallest absolute Gasteiger partial charge is 0.229 e. The van der Waals surface area contributed by atoms with E-state index in [0.29, 0.717) is 32.1 Å². The lowest BCUT2D eigenvalue weighted by Crippen LogP contribution is -2.56. The van der Waals surface area contributed by atoms with Crippen molar-refractivity contribution in [2.45, 2.75) is 58.9 Å². The average Bonchev–Trinajstić information content (AvgIpc) is 3.51. The van der Waals surface area contributed by atoms with E-state index in [2.05, 4.69) is 53.1 Å². The number of hydrogen-bond donors (Lipinski definition) is 2. The van der Waals surface area contributed by atoms with Gasteiger partial charge in [0.05, 0.1) is 18.0 Å². The van der Waals surface area contributed by atoms with Gasteiger partial charge in [0.15, 0.2) is 0 Å². The van der Waals surface area contributed by atoms with Crippen molar-refractivity contribution in [3.63, 3.8) is 0 Å². The van der Waals surface area contributed by atoms with Crippen molar-refractivity contribution in [2.24, 2.45) is 16.7 Å². The van der Waals surface area contributed by atoms with Crippen LogP contribution in [0.3, 0.4) is 0 Å². The SMILES string of the molecule is Cc1ccccc1N1CCN(S(=O)(=O)C[C@@]23CC[C@@H](C[C@H]2NC(=O)C(C)c2cnc[nH]2)C3(C)C)CC1. The number of aromatic nitrogens is 2. The molecular weight excluding hydrogens is 474 g/mol. The molecule has 2 N–H and O–H groups in total. The number of carbonyl (C=O) groups is 1. The Morgan fingerprint density at radius 2 is 1.94 bits per heavy atom. The Hall–Kier alpha value is -2.39.